The number of rotatable bonds is 9. The van der Waals surface area contributed by atoms with Gasteiger partial charge in [-0.2, -0.15) is 0 Å². The fourth-order valence-corrected chi connectivity index (χ4v) is 2.79. The van der Waals surface area contributed by atoms with E-state index in [9.17, 15) is 4.79 Å². The molecular weight excluding hydrogens is 300 g/mol. The molecule has 0 saturated carbocycles. The summed E-state index contributed by atoms with van der Waals surface area (Å²) < 4.78 is 5.34. The van der Waals surface area contributed by atoms with E-state index < -0.39 is 0 Å². The highest BCUT2D eigenvalue weighted by Crippen LogP contribution is 2.39. The van der Waals surface area contributed by atoms with Gasteiger partial charge in [-0.1, -0.05) is 60.3 Å². The standard InChI is InChI=1S/C20H34N2O2/c1-6-7-8-9-10-11-24-19(23)15-12-16(21)18(17(22)13-15)20(4,5)14(2)3/h12-14H,6-11,21-22H2,1-5H3. The highest BCUT2D eigenvalue weighted by Gasteiger charge is 2.29. The lowest BCUT2D eigenvalue weighted by atomic mass is 9.73. The number of ether oxygens (including phenoxy) is 1. The predicted molar refractivity (Wildman–Crippen MR) is 102 cm³/mol. The van der Waals surface area contributed by atoms with Gasteiger partial charge in [0, 0.05) is 16.9 Å². The van der Waals surface area contributed by atoms with Crippen molar-refractivity contribution < 1.29 is 9.53 Å². The highest BCUT2D eigenvalue weighted by atomic mass is 16.5. The Morgan fingerprint density at radius 2 is 1.62 bits per heavy atom. The van der Waals surface area contributed by atoms with E-state index in [2.05, 4.69) is 34.6 Å². The Hall–Kier alpha value is -1.71. The quantitative estimate of drug-likeness (QED) is 0.382. The second-order valence-electron chi connectivity index (χ2n) is 7.46. The van der Waals surface area contributed by atoms with Crippen molar-refractivity contribution >= 4 is 17.3 Å². The van der Waals surface area contributed by atoms with E-state index in [-0.39, 0.29) is 11.4 Å². The maximum atomic E-state index is 12.2. The Bertz CT molecular complexity index is 528. The van der Waals surface area contributed by atoms with Crippen LogP contribution in [0.5, 0.6) is 0 Å². The highest BCUT2D eigenvalue weighted by molar-refractivity contribution is 5.92. The number of carbonyl (C=O) groups is 1. The monoisotopic (exact) mass is 334 g/mol. The molecule has 0 amide bonds. The van der Waals surface area contributed by atoms with Gasteiger partial charge in [-0.25, -0.2) is 4.79 Å². The van der Waals surface area contributed by atoms with Crippen LogP contribution < -0.4 is 11.5 Å². The number of esters is 1. The molecule has 1 rings (SSSR count). The molecule has 1 aromatic carbocycles. The van der Waals surface area contributed by atoms with Crippen molar-refractivity contribution in [2.24, 2.45) is 5.92 Å². The number of nitrogens with two attached hydrogens (primary N) is 2. The molecule has 0 spiro atoms. The minimum Gasteiger partial charge on any atom is -0.462 e. The molecule has 136 valence electrons. The molecule has 0 fully saturated rings. The molecule has 0 saturated heterocycles. The van der Waals surface area contributed by atoms with Crippen molar-refractivity contribution in [1.82, 2.24) is 0 Å². The second kappa shape index (κ2) is 8.95. The van der Waals surface area contributed by atoms with Gasteiger partial charge in [0.2, 0.25) is 0 Å². The molecule has 0 aliphatic carbocycles. The molecule has 0 atom stereocenters. The predicted octanol–water partition coefficient (Wildman–Crippen LogP) is 4.91. The topological polar surface area (TPSA) is 78.3 Å². The van der Waals surface area contributed by atoms with Crippen LogP contribution in [0.3, 0.4) is 0 Å². The minimum atomic E-state index is -0.349. The Morgan fingerprint density at radius 1 is 1.08 bits per heavy atom. The molecule has 0 aliphatic rings. The number of anilines is 2. The lowest BCUT2D eigenvalue weighted by Crippen LogP contribution is -2.27. The maximum absolute atomic E-state index is 12.2. The summed E-state index contributed by atoms with van der Waals surface area (Å²) in [5, 5.41) is 0. The third kappa shape index (κ3) is 5.15. The largest absolute Gasteiger partial charge is 0.462 e. The molecule has 0 bridgehead atoms. The van der Waals surface area contributed by atoms with Crippen molar-refractivity contribution in [2.45, 2.75) is 72.1 Å². The van der Waals surface area contributed by atoms with Gasteiger partial charge in [-0.15, -0.1) is 0 Å². The Balaban J connectivity index is 2.76. The lowest BCUT2D eigenvalue weighted by Gasteiger charge is -2.32. The zero-order chi connectivity index (χ0) is 18.3. The summed E-state index contributed by atoms with van der Waals surface area (Å²) in [6.07, 6.45) is 5.61. The molecule has 0 radical (unpaired) electrons. The zero-order valence-corrected chi connectivity index (χ0v) is 15.9. The number of nitrogen functional groups attached to an aromatic ring is 2. The van der Waals surface area contributed by atoms with Crippen LogP contribution in [0.2, 0.25) is 0 Å². The summed E-state index contributed by atoms with van der Waals surface area (Å²) in [5.74, 6) is 0.0285. The van der Waals surface area contributed by atoms with Crippen molar-refractivity contribution in [3.05, 3.63) is 23.3 Å². The molecule has 0 aliphatic heterocycles. The van der Waals surface area contributed by atoms with Crippen LogP contribution in [0.15, 0.2) is 12.1 Å². The number of hydrogen-bond acceptors (Lipinski definition) is 4. The van der Waals surface area contributed by atoms with Crippen molar-refractivity contribution in [2.75, 3.05) is 18.1 Å². The van der Waals surface area contributed by atoms with Gasteiger partial charge in [-0.3, -0.25) is 0 Å². The summed E-state index contributed by atoms with van der Waals surface area (Å²) in [7, 11) is 0. The molecule has 4 N–H and O–H groups in total. The normalized spacial score (nSPS) is 11.8. The molecule has 4 nitrogen and oxygen atoms in total. The first-order valence-electron chi connectivity index (χ1n) is 9.08. The zero-order valence-electron chi connectivity index (χ0n) is 15.9. The van der Waals surface area contributed by atoms with E-state index in [4.69, 9.17) is 16.2 Å². The number of carbonyl (C=O) groups excluding carboxylic acids is 1. The third-order valence-electron chi connectivity index (χ3n) is 5.00. The van der Waals surface area contributed by atoms with Gasteiger partial charge in [0.1, 0.15) is 0 Å². The molecule has 0 heterocycles. The first kappa shape index (κ1) is 20.3. The first-order valence-corrected chi connectivity index (χ1v) is 9.08. The fraction of sp³-hybridized carbons (Fsp3) is 0.650. The van der Waals surface area contributed by atoms with E-state index in [1.54, 1.807) is 12.1 Å². The van der Waals surface area contributed by atoms with Gasteiger partial charge in [0.25, 0.3) is 0 Å². The lowest BCUT2D eigenvalue weighted by molar-refractivity contribution is 0.0497. The van der Waals surface area contributed by atoms with Crippen LogP contribution in [-0.4, -0.2) is 12.6 Å². The molecule has 24 heavy (non-hydrogen) atoms. The van der Waals surface area contributed by atoms with Crippen LogP contribution >= 0.6 is 0 Å². The van der Waals surface area contributed by atoms with Crippen molar-refractivity contribution in [3.63, 3.8) is 0 Å². The van der Waals surface area contributed by atoms with Gasteiger partial charge in [0.15, 0.2) is 0 Å². The molecular formula is C20H34N2O2. The van der Waals surface area contributed by atoms with Crippen LogP contribution in [0.4, 0.5) is 11.4 Å². The van der Waals surface area contributed by atoms with Crippen LogP contribution in [0.1, 0.15) is 82.6 Å². The van der Waals surface area contributed by atoms with Crippen LogP contribution in [0.25, 0.3) is 0 Å². The molecule has 0 aromatic heterocycles. The van der Waals surface area contributed by atoms with E-state index in [1.165, 1.54) is 19.3 Å². The van der Waals surface area contributed by atoms with E-state index >= 15 is 0 Å². The summed E-state index contributed by atoms with van der Waals surface area (Å²) in [4.78, 5) is 12.2. The number of benzene rings is 1. The maximum Gasteiger partial charge on any atom is 0.338 e. The minimum absolute atomic E-state index is 0.157. The van der Waals surface area contributed by atoms with Crippen LogP contribution in [-0.2, 0) is 10.2 Å². The third-order valence-corrected chi connectivity index (χ3v) is 5.00. The van der Waals surface area contributed by atoms with Gasteiger partial charge >= 0.3 is 5.97 Å². The molecule has 4 heteroatoms. The Labute approximate surface area is 146 Å². The molecule has 1 aromatic rings. The van der Waals surface area contributed by atoms with Gasteiger partial charge in [-0.05, 0) is 29.9 Å². The summed E-state index contributed by atoms with van der Waals surface area (Å²) >= 11 is 0. The summed E-state index contributed by atoms with van der Waals surface area (Å²) in [6, 6.07) is 3.38. The average molecular weight is 335 g/mol. The summed E-state index contributed by atoms with van der Waals surface area (Å²) in [6.45, 7) is 11.1. The summed E-state index contributed by atoms with van der Waals surface area (Å²) in [5.41, 5.74) is 14.7. The SMILES string of the molecule is CCCCCCCOC(=O)c1cc(N)c(C(C)(C)C(C)C)c(N)c1. The Kier molecular flexibility index (Phi) is 7.59. The van der Waals surface area contributed by atoms with E-state index in [1.807, 2.05) is 0 Å². The van der Waals surface area contributed by atoms with E-state index in [0.717, 1.165) is 18.4 Å². The average Bonchev–Trinajstić information content (AvgIpc) is 2.49. The molecule has 0 unspecified atom stereocenters. The first-order chi connectivity index (χ1) is 11.2. The van der Waals surface area contributed by atoms with Gasteiger partial charge < -0.3 is 16.2 Å². The smallest absolute Gasteiger partial charge is 0.338 e. The fourth-order valence-electron chi connectivity index (χ4n) is 2.79. The second-order valence-corrected chi connectivity index (χ2v) is 7.46. The number of hydrogen-bond donors (Lipinski definition) is 2. The van der Waals surface area contributed by atoms with E-state index in [0.29, 0.717) is 29.5 Å². The Morgan fingerprint density at radius 3 is 2.12 bits per heavy atom. The van der Waals surface area contributed by atoms with Crippen LogP contribution in [0, 0.1) is 5.92 Å². The number of unbranched alkanes of at least 4 members (excludes halogenated alkanes) is 4. The van der Waals surface area contributed by atoms with Crippen molar-refractivity contribution in [3.8, 4) is 0 Å². The van der Waals surface area contributed by atoms with Crippen molar-refractivity contribution in [1.29, 1.82) is 0 Å². The van der Waals surface area contributed by atoms with Gasteiger partial charge in [0.05, 0.1) is 12.2 Å².